The number of esters is 1. The lowest BCUT2D eigenvalue weighted by atomic mass is 10.2. The molecule has 1 fully saturated rings. The number of thiophene rings is 1. The quantitative estimate of drug-likeness (QED) is 0.861. The van der Waals surface area contributed by atoms with Gasteiger partial charge < -0.3 is 15.0 Å². The summed E-state index contributed by atoms with van der Waals surface area (Å²) in [5, 5.41) is 4.63. The Balaban J connectivity index is 1.89. The van der Waals surface area contributed by atoms with E-state index in [1.54, 1.807) is 23.2 Å². The Morgan fingerprint density at radius 3 is 3.11 bits per heavy atom. The minimum absolute atomic E-state index is 0.0691. The Bertz CT molecular complexity index is 433. The third kappa shape index (κ3) is 3.47. The first kappa shape index (κ1) is 13.9. The van der Waals surface area contributed by atoms with Crippen molar-refractivity contribution in [2.75, 3.05) is 19.7 Å². The fraction of sp³-hybridized carbons (Fsp3) is 0.538. The van der Waals surface area contributed by atoms with E-state index in [1.165, 1.54) is 4.88 Å². The number of nitrogens with zero attached hydrogens (tertiary/aromatic N) is 1. The predicted octanol–water partition coefficient (Wildman–Crippen LogP) is 2.16. The molecule has 104 valence electrons. The van der Waals surface area contributed by atoms with Crippen molar-refractivity contribution in [2.24, 2.45) is 0 Å². The Kier molecular flexibility index (Phi) is 4.79. The molecule has 1 aliphatic heterocycles. The van der Waals surface area contributed by atoms with E-state index in [2.05, 4.69) is 5.32 Å². The molecule has 6 heteroatoms. The zero-order chi connectivity index (χ0) is 13.7. The van der Waals surface area contributed by atoms with Gasteiger partial charge >= 0.3 is 12.0 Å². The van der Waals surface area contributed by atoms with E-state index >= 15 is 0 Å². The Labute approximate surface area is 116 Å². The van der Waals surface area contributed by atoms with Gasteiger partial charge in [-0.2, -0.15) is 0 Å². The van der Waals surface area contributed by atoms with Gasteiger partial charge in [-0.1, -0.05) is 6.07 Å². The number of carbonyl (C=O) groups excluding carboxylic acids is 2. The first-order chi connectivity index (χ1) is 9.22. The van der Waals surface area contributed by atoms with Crippen molar-refractivity contribution in [1.29, 1.82) is 0 Å². The van der Waals surface area contributed by atoms with Gasteiger partial charge in [-0.3, -0.25) is 4.79 Å². The van der Waals surface area contributed by atoms with Gasteiger partial charge in [0, 0.05) is 11.4 Å². The van der Waals surface area contributed by atoms with Crippen molar-refractivity contribution < 1.29 is 14.3 Å². The molecule has 0 aliphatic carbocycles. The van der Waals surface area contributed by atoms with Crippen LogP contribution in [0.3, 0.4) is 0 Å². The Morgan fingerprint density at radius 1 is 1.58 bits per heavy atom. The number of likely N-dealkylation sites (tertiary alicyclic amines) is 1. The number of nitrogens with one attached hydrogen (secondary N) is 1. The van der Waals surface area contributed by atoms with E-state index < -0.39 is 5.97 Å². The van der Waals surface area contributed by atoms with Crippen LogP contribution >= 0.6 is 11.3 Å². The molecular weight excluding hydrogens is 264 g/mol. The van der Waals surface area contributed by atoms with Crippen LogP contribution in [0.25, 0.3) is 0 Å². The van der Waals surface area contributed by atoms with Gasteiger partial charge in [0.1, 0.15) is 6.54 Å². The molecule has 0 spiro atoms. The van der Waals surface area contributed by atoms with Gasteiger partial charge in [-0.15, -0.1) is 11.3 Å². The lowest BCUT2D eigenvalue weighted by Gasteiger charge is -2.23. The second-order valence-corrected chi connectivity index (χ2v) is 5.31. The number of rotatable bonds is 4. The molecule has 1 aliphatic rings. The summed E-state index contributed by atoms with van der Waals surface area (Å²) in [5.41, 5.74) is 0. The van der Waals surface area contributed by atoms with Gasteiger partial charge in [0.15, 0.2) is 0 Å². The highest BCUT2D eigenvalue weighted by Crippen LogP contribution is 2.34. The van der Waals surface area contributed by atoms with Gasteiger partial charge in [0.25, 0.3) is 0 Å². The monoisotopic (exact) mass is 282 g/mol. The number of hydrogen-bond acceptors (Lipinski definition) is 4. The second-order valence-electron chi connectivity index (χ2n) is 4.33. The first-order valence-corrected chi connectivity index (χ1v) is 7.34. The van der Waals surface area contributed by atoms with Crippen molar-refractivity contribution in [3.63, 3.8) is 0 Å². The standard InChI is InChI=1S/C13H18N2O3S/c1-2-18-12(16)9-14-13(17)15-7-3-5-10(15)11-6-4-8-19-11/h4,6,8,10H,2-3,5,7,9H2,1H3,(H,14,17)/t10-/m0/s1. The van der Waals surface area contributed by atoms with Crippen LogP contribution in [0.2, 0.25) is 0 Å². The number of ether oxygens (including phenoxy) is 1. The van der Waals surface area contributed by atoms with Gasteiger partial charge in [-0.05, 0) is 31.2 Å². The van der Waals surface area contributed by atoms with Gasteiger partial charge in [0.2, 0.25) is 0 Å². The number of urea groups is 1. The smallest absolute Gasteiger partial charge is 0.325 e. The molecule has 0 radical (unpaired) electrons. The third-order valence-corrected chi connectivity index (χ3v) is 4.05. The summed E-state index contributed by atoms with van der Waals surface area (Å²) >= 11 is 1.66. The zero-order valence-corrected chi connectivity index (χ0v) is 11.7. The molecular formula is C13H18N2O3S. The first-order valence-electron chi connectivity index (χ1n) is 6.46. The topological polar surface area (TPSA) is 58.6 Å². The number of hydrogen-bond donors (Lipinski definition) is 1. The molecule has 1 aromatic heterocycles. The molecule has 2 rings (SSSR count). The van der Waals surface area contributed by atoms with E-state index in [9.17, 15) is 9.59 Å². The maximum atomic E-state index is 12.1. The summed E-state index contributed by atoms with van der Waals surface area (Å²) in [4.78, 5) is 26.3. The van der Waals surface area contributed by atoms with Crippen LogP contribution in [0.5, 0.6) is 0 Å². The van der Waals surface area contributed by atoms with Crippen LogP contribution < -0.4 is 5.32 Å². The summed E-state index contributed by atoms with van der Waals surface area (Å²) in [6.07, 6.45) is 1.97. The Morgan fingerprint density at radius 2 is 2.42 bits per heavy atom. The van der Waals surface area contributed by atoms with E-state index in [0.717, 1.165) is 19.4 Å². The molecule has 1 atom stereocenters. The van der Waals surface area contributed by atoms with Crippen LogP contribution in [0.4, 0.5) is 4.79 Å². The van der Waals surface area contributed by atoms with Crippen LogP contribution in [0.1, 0.15) is 30.7 Å². The van der Waals surface area contributed by atoms with Crippen LogP contribution in [-0.4, -0.2) is 36.6 Å². The van der Waals surface area contributed by atoms with Crippen molar-refractivity contribution in [3.8, 4) is 0 Å². The summed E-state index contributed by atoms with van der Waals surface area (Å²) in [6, 6.07) is 3.99. The molecule has 1 N–H and O–H groups in total. The molecule has 2 heterocycles. The van der Waals surface area contributed by atoms with Crippen molar-refractivity contribution >= 4 is 23.3 Å². The van der Waals surface area contributed by atoms with Gasteiger partial charge in [-0.25, -0.2) is 4.79 Å². The summed E-state index contributed by atoms with van der Waals surface area (Å²) in [7, 11) is 0. The maximum Gasteiger partial charge on any atom is 0.325 e. The highest BCUT2D eigenvalue weighted by Gasteiger charge is 2.30. The molecule has 0 saturated carbocycles. The molecule has 2 amide bonds. The summed E-state index contributed by atoms with van der Waals surface area (Å²) < 4.78 is 4.78. The van der Waals surface area contributed by atoms with Crippen molar-refractivity contribution in [3.05, 3.63) is 22.4 Å². The molecule has 0 unspecified atom stereocenters. The van der Waals surface area contributed by atoms with E-state index in [0.29, 0.717) is 6.61 Å². The molecule has 1 saturated heterocycles. The van der Waals surface area contributed by atoms with E-state index in [4.69, 9.17) is 4.74 Å². The van der Waals surface area contributed by atoms with Crippen molar-refractivity contribution in [1.82, 2.24) is 10.2 Å². The average molecular weight is 282 g/mol. The number of amides is 2. The third-order valence-electron chi connectivity index (χ3n) is 3.07. The molecule has 0 aromatic carbocycles. The van der Waals surface area contributed by atoms with E-state index in [-0.39, 0.29) is 18.6 Å². The van der Waals surface area contributed by atoms with Gasteiger partial charge in [0.05, 0.1) is 12.6 Å². The molecule has 5 nitrogen and oxygen atoms in total. The molecule has 0 bridgehead atoms. The highest BCUT2D eigenvalue weighted by molar-refractivity contribution is 7.10. The average Bonchev–Trinajstić information content (AvgIpc) is 3.05. The number of carbonyl (C=O) groups is 2. The lowest BCUT2D eigenvalue weighted by molar-refractivity contribution is -0.141. The highest BCUT2D eigenvalue weighted by atomic mass is 32.1. The van der Waals surface area contributed by atoms with Crippen LogP contribution in [0.15, 0.2) is 17.5 Å². The second kappa shape index (κ2) is 6.56. The van der Waals surface area contributed by atoms with Crippen molar-refractivity contribution in [2.45, 2.75) is 25.8 Å². The summed E-state index contributed by atoms with van der Waals surface area (Å²) in [5.74, 6) is -0.400. The lowest BCUT2D eigenvalue weighted by Crippen LogP contribution is -2.41. The maximum absolute atomic E-state index is 12.1. The zero-order valence-electron chi connectivity index (χ0n) is 10.9. The molecule has 1 aromatic rings. The Hall–Kier alpha value is -1.56. The minimum atomic E-state index is -0.400. The molecule has 19 heavy (non-hydrogen) atoms. The largest absolute Gasteiger partial charge is 0.465 e. The minimum Gasteiger partial charge on any atom is -0.465 e. The van der Waals surface area contributed by atoms with Crippen LogP contribution in [-0.2, 0) is 9.53 Å². The SMILES string of the molecule is CCOC(=O)CNC(=O)N1CCC[C@H]1c1cccs1. The van der Waals surface area contributed by atoms with Crippen LogP contribution in [0, 0.1) is 0 Å². The predicted molar refractivity (Wildman–Crippen MR) is 73.0 cm³/mol. The fourth-order valence-corrected chi connectivity index (χ4v) is 3.12. The normalized spacial score (nSPS) is 18.4. The fourth-order valence-electron chi connectivity index (χ4n) is 2.25. The summed E-state index contributed by atoms with van der Waals surface area (Å²) in [6.45, 7) is 2.74. The van der Waals surface area contributed by atoms with E-state index in [1.807, 2.05) is 17.5 Å².